The fraction of sp³-hybridized carbons (Fsp3) is 0.692. The second-order valence-electron chi connectivity index (χ2n) is 6.30. The molecule has 1 aromatic heterocycles. The van der Waals surface area contributed by atoms with Crippen molar-refractivity contribution in [3.8, 4) is 0 Å². The number of aryl methyl sites for hydroxylation is 1. The van der Waals surface area contributed by atoms with Crippen molar-refractivity contribution in [1.29, 1.82) is 0 Å². The van der Waals surface area contributed by atoms with Crippen LogP contribution in [0.5, 0.6) is 0 Å². The molecule has 1 amide bonds. The highest BCUT2D eigenvalue weighted by Gasteiger charge is 2.34. The Morgan fingerprint density at radius 3 is 2.19 bits per heavy atom. The number of sulfonamides is 1. The minimum Gasteiger partial charge on any atom is -0.340 e. The molecule has 0 aliphatic carbocycles. The first-order valence-corrected chi connectivity index (χ1v) is 8.34. The van der Waals surface area contributed by atoms with Gasteiger partial charge in [-0.05, 0) is 0 Å². The fourth-order valence-electron chi connectivity index (χ4n) is 2.29. The summed E-state index contributed by atoms with van der Waals surface area (Å²) < 4.78 is 27.8. The van der Waals surface area contributed by atoms with Crippen LogP contribution in [0.2, 0.25) is 0 Å². The molecule has 1 aliphatic rings. The van der Waals surface area contributed by atoms with Crippen LogP contribution in [-0.4, -0.2) is 59.5 Å². The molecule has 0 N–H and O–H groups in total. The van der Waals surface area contributed by atoms with E-state index in [1.54, 1.807) is 11.9 Å². The highest BCUT2D eigenvalue weighted by Crippen LogP contribution is 2.21. The summed E-state index contributed by atoms with van der Waals surface area (Å²) in [4.78, 5) is 14.1. The van der Waals surface area contributed by atoms with Crippen LogP contribution in [0.15, 0.2) is 17.3 Å². The maximum absolute atomic E-state index is 12.4. The standard InChI is InChI=1S/C13H22N4O3S/c1-13(2,3)12(18)16-5-7-17(8-6-16)21(19,20)11-9-14-15(4)10-11/h9-10H,5-8H2,1-4H3. The van der Waals surface area contributed by atoms with Gasteiger partial charge in [-0.3, -0.25) is 9.48 Å². The Morgan fingerprint density at radius 1 is 1.19 bits per heavy atom. The van der Waals surface area contributed by atoms with Crippen molar-refractivity contribution >= 4 is 15.9 Å². The summed E-state index contributed by atoms with van der Waals surface area (Å²) in [5.74, 6) is 0.0564. The van der Waals surface area contributed by atoms with E-state index >= 15 is 0 Å². The largest absolute Gasteiger partial charge is 0.340 e. The average Bonchev–Trinajstić information content (AvgIpc) is 2.84. The van der Waals surface area contributed by atoms with Crippen LogP contribution in [0, 0.1) is 5.41 Å². The van der Waals surface area contributed by atoms with E-state index in [0.29, 0.717) is 26.2 Å². The lowest BCUT2D eigenvalue weighted by atomic mass is 9.94. The van der Waals surface area contributed by atoms with Gasteiger partial charge < -0.3 is 4.90 Å². The third-order valence-electron chi connectivity index (χ3n) is 3.49. The molecular formula is C13H22N4O3S. The number of carbonyl (C=O) groups is 1. The monoisotopic (exact) mass is 314 g/mol. The van der Waals surface area contributed by atoms with Crippen LogP contribution in [0.1, 0.15) is 20.8 Å². The highest BCUT2D eigenvalue weighted by molar-refractivity contribution is 7.89. The zero-order valence-electron chi connectivity index (χ0n) is 12.9. The Balaban J connectivity index is 2.06. The number of piperazine rings is 1. The van der Waals surface area contributed by atoms with Gasteiger partial charge in [0.25, 0.3) is 0 Å². The number of aromatic nitrogens is 2. The van der Waals surface area contributed by atoms with Crippen LogP contribution >= 0.6 is 0 Å². The van der Waals surface area contributed by atoms with Gasteiger partial charge in [-0.15, -0.1) is 0 Å². The summed E-state index contributed by atoms with van der Waals surface area (Å²) in [7, 11) is -1.83. The molecule has 0 unspecified atom stereocenters. The van der Waals surface area contributed by atoms with Crippen LogP contribution in [0.3, 0.4) is 0 Å². The van der Waals surface area contributed by atoms with E-state index in [4.69, 9.17) is 0 Å². The number of carbonyl (C=O) groups excluding carboxylic acids is 1. The number of nitrogens with zero attached hydrogens (tertiary/aromatic N) is 4. The second-order valence-corrected chi connectivity index (χ2v) is 8.23. The summed E-state index contributed by atoms with van der Waals surface area (Å²) in [6, 6.07) is 0. The lowest BCUT2D eigenvalue weighted by molar-refractivity contribution is -0.140. The maximum Gasteiger partial charge on any atom is 0.246 e. The number of hydrogen-bond donors (Lipinski definition) is 0. The van der Waals surface area contributed by atoms with Crippen molar-refractivity contribution in [1.82, 2.24) is 19.0 Å². The molecule has 2 heterocycles. The zero-order valence-corrected chi connectivity index (χ0v) is 13.7. The van der Waals surface area contributed by atoms with Gasteiger partial charge in [0.15, 0.2) is 0 Å². The minimum atomic E-state index is -3.51. The third-order valence-corrected chi connectivity index (χ3v) is 5.34. The number of amides is 1. The molecule has 0 spiro atoms. The second kappa shape index (κ2) is 5.42. The van der Waals surface area contributed by atoms with Gasteiger partial charge in [0, 0.05) is 44.8 Å². The Labute approximate surface area is 125 Å². The summed E-state index contributed by atoms with van der Waals surface area (Å²) >= 11 is 0. The number of hydrogen-bond acceptors (Lipinski definition) is 4. The smallest absolute Gasteiger partial charge is 0.246 e. The summed E-state index contributed by atoms with van der Waals surface area (Å²) in [5, 5.41) is 3.90. The van der Waals surface area contributed by atoms with Crippen molar-refractivity contribution in [2.45, 2.75) is 25.7 Å². The van der Waals surface area contributed by atoms with Gasteiger partial charge in [-0.2, -0.15) is 9.40 Å². The SMILES string of the molecule is Cn1cc(S(=O)(=O)N2CCN(C(=O)C(C)(C)C)CC2)cn1. The van der Waals surface area contributed by atoms with Gasteiger partial charge in [0.05, 0.1) is 6.20 Å². The summed E-state index contributed by atoms with van der Waals surface area (Å²) in [6.07, 6.45) is 2.84. The maximum atomic E-state index is 12.4. The first kappa shape index (κ1) is 16.0. The number of rotatable bonds is 2. The molecule has 7 nitrogen and oxygen atoms in total. The molecule has 0 saturated carbocycles. The molecule has 21 heavy (non-hydrogen) atoms. The molecule has 8 heteroatoms. The summed E-state index contributed by atoms with van der Waals surface area (Å²) in [5.41, 5.74) is -0.440. The third kappa shape index (κ3) is 3.26. The van der Waals surface area contributed by atoms with Crippen molar-refractivity contribution in [2.75, 3.05) is 26.2 Å². The van der Waals surface area contributed by atoms with E-state index in [2.05, 4.69) is 5.10 Å². The molecule has 1 aromatic rings. The van der Waals surface area contributed by atoms with E-state index in [-0.39, 0.29) is 10.8 Å². The average molecular weight is 314 g/mol. The van der Waals surface area contributed by atoms with Crippen LogP contribution in [0.4, 0.5) is 0 Å². The van der Waals surface area contributed by atoms with E-state index in [9.17, 15) is 13.2 Å². The van der Waals surface area contributed by atoms with E-state index in [1.165, 1.54) is 21.4 Å². The van der Waals surface area contributed by atoms with Crippen LogP contribution in [0.25, 0.3) is 0 Å². The van der Waals surface area contributed by atoms with Crippen molar-refractivity contribution in [3.05, 3.63) is 12.4 Å². The quantitative estimate of drug-likeness (QED) is 0.787. The molecule has 0 aromatic carbocycles. The first-order valence-electron chi connectivity index (χ1n) is 6.90. The lowest BCUT2D eigenvalue weighted by Gasteiger charge is -2.36. The summed E-state index contributed by atoms with van der Waals surface area (Å²) in [6.45, 7) is 7.10. The van der Waals surface area contributed by atoms with Crippen molar-refractivity contribution in [3.63, 3.8) is 0 Å². The van der Waals surface area contributed by atoms with E-state index in [0.717, 1.165) is 0 Å². The van der Waals surface area contributed by atoms with Gasteiger partial charge in [-0.1, -0.05) is 20.8 Å². The molecule has 0 atom stereocenters. The molecule has 1 saturated heterocycles. The van der Waals surface area contributed by atoms with E-state index < -0.39 is 15.4 Å². The Bertz CT molecular complexity index is 622. The first-order chi connectivity index (χ1) is 9.62. The topological polar surface area (TPSA) is 75.5 Å². The van der Waals surface area contributed by atoms with Gasteiger partial charge in [-0.25, -0.2) is 8.42 Å². The fourth-order valence-corrected chi connectivity index (χ4v) is 3.70. The molecule has 118 valence electrons. The molecule has 1 fully saturated rings. The van der Waals surface area contributed by atoms with Gasteiger partial charge in [0.1, 0.15) is 4.90 Å². The molecular weight excluding hydrogens is 292 g/mol. The zero-order chi connectivity index (χ0) is 15.8. The normalized spacial score (nSPS) is 18.0. The molecule has 0 radical (unpaired) electrons. The molecule has 0 bridgehead atoms. The van der Waals surface area contributed by atoms with Crippen molar-refractivity contribution in [2.24, 2.45) is 12.5 Å². The molecule has 1 aliphatic heterocycles. The predicted octanol–water partition coefficient (Wildman–Crippen LogP) is 0.299. The van der Waals surface area contributed by atoms with Crippen LogP contribution in [-0.2, 0) is 21.9 Å². The Hall–Kier alpha value is -1.41. The Kier molecular flexibility index (Phi) is 4.12. The van der Waals surface area contributed by atoms with Gasteiger partial charge >= 0.3 is 0 Å². The highest BCUT2D eigenvalue weighted by atomic mass is 32.2. The predicted molar refractivity (Wildman–Crippen MR) is 78.0 cm³/mol. The minimum absolute atomic E-state index is 0.0564. The van der Waals surface area contributed by atoms with Gasteiger partial charge in [0.2, 0.25) is 15.9 Å². The Morgan fingerprint density at radius 2 is 1.76 bits per heavy atom. The molecule has 2 rings (SSSR count). The van der Waals surface area contributed by atoms with Crippen LogP contribution < -0.4 is 0 Å². The van der Waals surface area contributed by atoms with E-state index in [1.807, 2.05) is 20.8 Å². The lowest BCUT2D eigenvalue weighted by Crippen LogP contribution is -2.52. The van der Waals surface area contributed by atoms with Crippen molar-refractivity contribution < 1.29 is 13.2 Å².